The first kappa shape index (κ1) is 34.7. The molecule has 46 heavy (non-hydrogen) atoms. The standard InChI is InChI=1S/C37H42ClN3O4S/c1-26(2)23-39-37(43)35(22-30-9-7-6-8-10-30)40(24-31-15-11-27(3)12-16-31)36(42)25-41(34-20-17-32(38)21-29(34)5)46(44,45)33-18-13-28(4)14-19-33/h6-21,26,35H,22-25H2,1-5H3,(H,39,43). The zero-order chi connectivity index (χ0) is 33.4. The Kier molecular flexibility index (Phi) is 11.7. The number of anilines is 1. The van der Waals surface area contributed by atoms with Gasteiger partial charge >= 0.3 is 0 Å². The highest BCUT2D eigenvalue weighted by molar-refractivity contribution is 7.92. The maximum atomic E-state index is 14.6. The van der Waals surface area contributed by atoms with E-state index in [-0.39, 0.29) is 29.7 Å². The molecule has 4 aromatic carbocycles. The second-order valence-electron chi connectivity index (χ2n) is 12.1. The molecule has 0 saturated heterocycles. The quantitative estimate of drug-likeness (QED) is 0.170. The Balaban J connectivity index is 1.82. The average molecular weight is 660 g/mol. The Labute approximate surface area is 278 Å². The smallest absolute Gasteiger partial charge is 0.264 e. The topological polar surface area (TPSA) is 86.8 Å². The van der Waals surface area contributed by atoms with Crippen LogP contribution in [0, 0.1) is 26.7 Å². The number of amides is 2. The van der Waals surface area contributed by atoms with E-state index in [9.17, 15) is 18.0 Å². The van der Waals surface area contributed by atoms with E-state index in [0.717, 1.165) is 26.6 Å². The zero-order valence-electron chi connectivity index (χ0n) is 27.0. The first-order valence-corrected chi connectivity index (χ1v) is 17.2. The molecule has 9 heteroatoms. The summed E-state index contributed by atoms with van der Waals surface area (Å²) in [5, 5.41) is 3.47. The fraction of sp³-hybridized carbons (Fsp3) is 0.297. The minimum absolute atomic E-state index is 0.0563. The summed E-state index contributed by atoms with van der Waals surface area (Å²) in [5.74, 6) is -0.606. The van der Waals surface area contributed by atoms with Crippen LogP contribution in [0.5, 0.6) is 0 Å². The molecule has 2 amide bonds. The number of benzene rings is 4. The van der Waals surface area contributed by atoms with Gasteiger partial charge in [-0.1, -0.05) is 103 Å². The second kappa shape index (κ2) is 15.4. The number of carbonyl (C=O) groups is 2. The molecule has 0 aliphatic carbocycles. The van der Waals surface area contributed by atoms with Crippen molar-refractivity contribution in [3.8, 4) is 0 Å². The van der Waals surface area contributed by atoms with Gasteiger partial charge in [-0.15, -0.1) is 0 Å². The molecule has 0 aliphatic heterocycles. The van der Waals surface area contributed by atoms with Gasteiger partial charge in [0.15, 0.2) is 0 Å². The van der Waals surface area contributed by atoms with Gasteiger partial charge < -0.3 is 10.2 Å². The van der Waals surface area contributed by atoms with E-state index in [4.69, 9.17) is 11.6 Å². The largest absolute Gasteiger partial charge is 0.354 e. The van der Waals surface area contributed by atoms with Gasteiger partial charge in [0.1, 0.15) is 12.6 Å². The van der Waals surface area contributed by atoms with Crippen LogP contribution in [0.15, 0.2) is 102 Å². The lowest BCUT2D eigenvalue weighted by atomic mass is 10.0. The monoisotopic (exact) mass is 659 g/mol. The molecule has 1 atom stereocenters. The predicted octanol–water partition coefficient (Wildman–Crippen LogP) is 6.87. The zero-order valence-corrected chi connectivity index (χ0v) is 28.6. The van der Waals surface area contributed by atoms with E-state index < -0.39 is 28.5 Å². The third-order valence-corrected chi connectivity index (χ3v) is 9.75. The summed E-state index contributed by atoms with van der Waals surface area (Å²) in [7, 11) is -4.20. The van der Waals surface area contributed by atoms with Crippen molar-refractivity contribution >= 4 is 39.1 Å². The molecular weight excluding hydrogens is 618 g/mol. The molecule has 0 bridgehead atoms. The first-order chi connectivity index (χ1) is 21.8. The number of aryl methyl sites for hydroxylation is 3. The van der Waals surface area contributed by atoms with Crippen molar-refractivity contribution in [2.45, 2.75) is 58.5 Å². The van der Waals surface area contributed by atoms with Crippen molar-refractivity contribution in [1.29, 1.82) is 0 Å². The fourth-order valence-electron chi connectivity index (χ4n) is 5.12. The Hall–Kier alpha value is -4.14. The summed E-state index contributed by atoms with van der Waals surface area (Å²) in [5.41, 5.74) is 4.60. The number of hydrogen-bond acceptors (Lipinski definition) is 4. The van der Waals surface area contributed by atoms with Crippen LogP contribution in [-0.4, -0.2) is 44.3 Å². The van der Waals surface area contributed by atoms with Crippen LogP contribution in [0.2, 0.25) is 5.02 Å². The number of hydrogen-bond donors (Lipinski definition) is 1. The van der Waals surface area contributed by atoms with Crippen LogP contribution in [0.1, 0.15) is 41.7 Å². The van der Waals surface area contributed by atoms with Gasteiger partial charge in [-0.3, -0.25) is 13.9 Å². The molecule has 4 aromatic rings. The molecule has 0 spiro atoms. The van der Waals surface area contributed by atoms with Gasteiger partial charge in [0, 0.05) is 24.5 Å². The van der Waals surface area contributed by atoms with Crippen molar-refractivity contribution in [1.82, 2.24) is 10.2 Å². The number of carbonyl (C=O) groups excluding carboxylic acids is 2. The highest BCUT2D eigenvalue weighted by atomic mass is 35.5. The van der Waals surface area contributed by atoms with E-state index >= 15 is 0 Å². The number of nitrogens with one attached hydrogen (secondary N) is 1. The molecule has 0 radical (unpaired) electrons. The van der Waals surface area contributed by atoms with E-state index in [2.05, 4.69) is 5.32 Å². The number of sulfonamides is 1. The summed E-state index contributed by atoms with van der Waals surface area (Å²) < 4.78 is 29.6. The Bertz CT molecular complexity index is 1740. The lowest BCUT2D eigenvalue weighted by molar-refractivity contribution is -0.140. The highest BCUT2D eigenvalue weighted by Crippen LogP contribution is 2.30. The molecule has 0 saturated carbocycles. The third-order valence-electron chi connectivity index (χ3n) is 7.74. The fourth-order valence-corrected chi connectivity index (χ4v) is 6.82. The summed E-state index contributed by atoms with van der Waals surface area (Å²) in [6, 6.07) is 27.8. The maximum Gasteiger partial charge on any atom is 0.264 e. The van der Waals surface area contributed by atoms with Crippen LogP contribution in [0.25, 0.3) is 0 Å². The van der Waals surface area contributed by atoms with Crippen molar-refractivity contribution in [2.24, 2.45) is 5.92 Å². The van der Waals surface area contributed by atoms with Crippen LogP contribution in [-0.2, 0) is 32.6 Å². The molecule has 4 rings (SSSR count). The van der Waals surface area contributed by atoms with Gasteiger partial charge in [0.2, 0.25) is 11.8 Å². The Morgan fingerprint density at radius 2 is 1.41 bits per heavy atom. The molecule has 7 nitrogen and oxygen atoms in total. The van der Waals surface area contributed by atoms with Crippen LogP contribution >= 0.6 is 11.6 Å². The second-order valence-corrected chi connectivity index (χ2v) is 14.4. The van der Waals surface area contributed by atoms with E-state index in [0.29, 0.717) is 22.8 Å². The minimum atomic E-state index is -4.20. The summed E-state index contributed by atoms with van der Waals surface area (Å²) in [4.78, 5) is 30.1. The number of nitrogens with zero attached hydrogens (tertiary/aromatic N) is 2. The third kappa shape index (κ3) is 8.98. The van der Waals surface area contributed by atoms with Crippen molar-refractivity contribution in [3.05, 3.63) is 130 Å². The molecule has 0 fully saturated rings. The van der Waals surface area contributed by atoms with E-state index in [1.54, 1.807) is 37.3 Å². The van der Waals surface area contributed by atoms with Gasteiger partial charge in [-0.25, -0.2) is 8.42 Å². The number of rotatable bonds is 13. The summed E-state index contributed by atoms with van der Waals surface area (Å²) >= 11 is 6.25. The molecule has 1 unspecified atom stereocenters. The van der Waals surface area contributed by atoms with Gasteiger partial charge in [-0.05, 0) is 73.7 Å². The molecule has 0 aliphatic rings. The van der Waals surface area contributed by atoms with Crippen molar-refractivity contribution < 1.29 is 18.0 Å². The molecule has 1 N–H and O–H groups in total. The predicted molar refractivity (Wildman–Crippen MR) is 185 cm³/mol. The maximum absolute atomic E-state index is 14.6. The Morgan fingerprint density at radius 3 is 2.00 bits per heavy atom. The Morgan fingerprint density at radius 1 is 0.804 bits per heavy atom. The summed E-state index contributed by atoms with van der Waals surface area (Å²) in [6.07, 6.45) is 0.257. The van der Waals surface area contributed by atoms with Gasteiger partial charge in [-0.2, -0.15) is 0 Å². The SMILES string of the molecule is Cc1ccc(CN(C(=O)CN(c2ccc(Cl)cc2C)S(=O)(=O)c2ccc(C)cc2)C(Cc2ccccc2)C(=O)NCC(C)C)cc1. The molecule has 0 aromatic heterocycles. The van der Waals surface area contributed by atoms with Crippen LogP contribution < -0.4 is 9.62 Å². The minimum Gasteiger partial charge on any atom is -0.354 e. The average Bonchev–Trinajstić information content (AvgIpc) is 3.02. The normalized spacial score (nSPS) is 12.1. The van der Waals surface area contributed by atoms with Gasteiger partial charge in [0.05, 0.1) is 10.6 Å². The van der Waals surface area contributed by atoms with E-state index in [1.165, 1.54) is 17.0 Å². The van der Waals surface area contributed by atoms with Gasteiger partial charge in [0.25, 0.3) is 10.0 Å². The first-order valence-electron chi connectivity index (χ1n) is 15.4. The lowest BCUT2D eigenvalue weighted by Crippen LogP contribution is -2.53. The summed E-state index contributed by atoms with van der Waals surface area (Å²) in [6.45, 7) is 9.65. The van der Waals surface area contributed by atoms with Crippen molar-refractivity contribution in [2.75, 3.05) is 17.4 Å². The molecular formula is C37H42ClN3O4S. The van der Waals surface area contributed by atoms with E-state index in [1.807, 2.05) is 82.3 Å². The van der Waals surface area contributed by atoms with Crippen LogP contribution in [0.4, 0.5) is 5.69 Å². The highest BCUT2D eigenvalue weighted by Gasteiger charge is 2.35. The van der Waals surface area contributed by atoms with Crippen LogP contribution in [0.3, 0.4) is 0 Å². The lowest BCUT2D eigenvalue weighted by Gasteiger charge is -2.34. The molecule has 242 valence electrons. The number of halogens is 1. The van der Waals surface area contributed by atoms with Crippen molar-refractivity contribution in [3.63, 3.8) is 0 Å². The molecule has 0 heterocycles.